The Kier molecular flexibility index (Phi) is 15.6. The molecular weight excluding hydrogens is 939 g/mol. The quantitative estimate of drug-likeness (QED) is 0.0286. The molecule has 0 bridgehead atoms. The summed E-state index contributed by atoms with van der Waals surface area (Å²) in [5.74, 6) is -4.82. The van der Waals surface area contributed by atoms with E-state index in [1.807, 2.05) is 0 Å². The number of carbonyl (C=O) groups excluding carboxylic acids is 8. The largest absolute Gasteiger partial charge is 0.388 e. The minimum atomic E-state index is -0.757. The van der Waals surface area contributed by atoms with E-state index < -0.39 is 41.4 Å². The molecule has 0 saturated heterocycles. The normalized spacial score (nSPS) is 10.9. The molecule has 0 aliphatic heterocycles. The van der Waals surface area contributed by atoms with Crippen molar-refractivity contribution >= 4 is 99.3 Å². The molecule has 0 unspecified atom stereocenters. The van der Waals surface area contributed by atoms with Crippen LogP contribution in [0.15, 0.2) is 67.5 Å². The number of anilines is 7. The Bertz CT molecular complexity index is 3190. The van der Waals surface area contributed by atoms with Gasteiger partial charge < -0.3 is 81.4 Å². The second-order valence-corrected chi connectivity index (χ2v) is 16.1. The van der Waals surface area contributed by atoms with Gasteiger partial charge in [-0.25, -0.2) is 15.0 Å². The van der Waals surface area contributed by atoms with Crippen molar-refractivity contribution < 1.29 is 38.4 Å². The smallest absolute Gasteiger partial charge is 0.292 e. The van der Waals surface area contributed by atoms with E-state index >= 15 is 0 Å². The third-order valence-electron chi connectivity index (χ3n) is 10.2. The Morgan fingerprint density at radius 2 is 0.889 bits per heavy atom. The Hall–Kier alpha value is -10.1. The van der Waals surface area contributed by atoms with Crippen LogP contribution >= 0.6 is 0 Å². The van der Waals surface area contributed by atoms with Gasteiger partial charge in [0, 0.05) is 123 Å². The maximum absolute atomic E-state index is 13.3. The molecule has 14 N–H and O–H groups in total. The maximum atomic E-state index is 13.3. The lowest BCUT2D eigenvalue weighted by Gasteiger charge is -2.05. The molecule has 0 saturated carbocycles. The van der Waals surface area contributed by atoms with E-state index in [0.717, 1.165) is 12.2 Å². The van der Waals surface area contributed by atoms with Crippen molar-refractivity contribution in [2.75, 3.05) is 43.8 Å². The van der Waals surface area contributed by atoms with Gasteiger partial charge in [-0.1, -0.05) is 0 Å². The van der Waals surface area contributed by atoms with Crippen LogP contribution in [0.25, 0.3) is 0 Å². The number of hydrogen-bond acceptors (Lipinski definition) is 13. The second kappa shape index (κ2) is 21.9. The van der Waals surface area contributed by atoms with Gasteiger partial charge in [0.25, 0.3) is 29.5 Å². The SMILES string of the molecule is Cn1cc(NC(=O)c2cc(NC(=O)c3cc(NC(=O)/C=C/C(=O)Nc4cn(C)c(C(=O)Nc5cn(C)c(C(=O)Nc6cn(C)c(C(=O)NCCC(=N)N)n6)n5)n4)cn3C)cn2C)cc1NC(=O)CCC(=N)N. The molecule has 6 heterocycles. The molecule has 376 valence electrons. The maximum Gasteiger partial charge on any atom is 0.292 e. The summed E-state index contributed by atoms with van der Waals surface area (Å²) >= 11 is 0. The summed E-state index contributed by atoms with van der Waals surface area (Å²) in [6.07, 6.45) is 11.0. The predicted octanol–water partition coefficient (Wildman–Crippen LogP) is 0.756. The van der Waals surface area contributed by atoms with E-state index in [9.17, 15) is 38.4 Å². The van der Waals surface area contributed by atoms with E-state index in [2.05, 4.69) is 57.5 Å². The molecule has 0 aromatic carbocycles. The van der Waals surface area contributed by atoms with Gasteiger partial charge in [-0.05, 0) is 12.1 Å². The molecule has 0 aliphatic carbocycles. The van der Waals surface area contributed by atoms with Crippen molar-refractivity contribution in [3.8, 4) is 0 Å². The second-order valence-electron chi connectivity index (χ2n) is 16.1. The summed E-state index contributed by atoms with van der Waals surface area (Å²) in [4.78, 5) is 115. The third kappa shape index (κ3) is 13.1. The summed E-state index contributed by atoms with van der Waals surface area (Å²) < 4.78 is 8.68. The molecule has 29 nitrogen and oxygen atoms in total. The molecule has 6 aromatic rings. The first-order valence-corrected chi connectivity index (χ1v) is 21.4. The predicted molar refractivity (Wildman–Crippen MR) is 263 cm³/mol. The molecule has 29 heteroatoms. The topological polar surface area (TPSA) is 401 Å². The molecule has 0 aliphatic rings. The van der Waals surface area contributed by atoms with Crippen LogP contribution in [0, 0.1) is 10.8 Å². The number of aryl methyl sites for hydroxylation is 6. The molecule has 72 heavy (non-hydrogen) atoms. The highest BCUT2D eigenvalue weighted by molar-refractivity contribution is 6.10. The minimum Gasteiger partial charge on any atom is -0.388 e. The number of nitrogens with one attached hydrogen (secondary N) is 10. The summed E-state index contributed by atoms with van der Waals surface area (Å²) in [5, 5.41) is 35.5. The summed E-state index contributed by atoms with van der Waals surface area (Å²) in [6, 6.07) is 4.45. The van der Waals surface area contributed by atoms with Crippen molar-refractivity contribution in [3.05, 3.63) is 96.4 Å². The molecule has 0 atom stereocenters. The number of nitrogens with two attached hydrogens (primary N) is 2. The average molecular weight is 990 g/mol. The lowest BCUT2D eigenvalue weighted by Crippen LogP contribution is -2.29. The van der Waals surface area contributed by atoms with E-state index in [-0.39, 0.29) is 95.4 Å². The fourth-order valence-electron chi connectivity index (χ4n) is 6.77. The summed E-state index contributed by atoms with van der Waals surface area (Å²) in [5.41, 5.74) is 11.9. The number of carbonyl (C=O) groups is 8. The van der Waals surface area contributed by atoms with Gasteiger partial charge in [0.05, 0.1) is 28.7 Å². The van der Waals surface area contributed by atoms with Crippen molar-refractivity contribution in [2.45, 2.75) is 19.3 Å². The van der Waals surface area contributed by atoms with Gasteiger partial charge in [0.15, 0.2) is 17.5 Å². The van der Waals surface area contributed by atoms with Crippen LogP contribution in [0.1, 0.15) is 72.1 Å². The zero-order valence-electron chi connectivity index (χ0n) is 39.6. The number of aromatic nitrogens is 9. The van der Waals surface area contributed by atoms with Crippen LogP contribution in [0.5, 0.6) is 0 Å². The fourth-order valence-corrected chi connectivity index (χ4v) is 6.77. The van der Waals surface area contributed by atoms with Crippen LogP contribution in [0.3, 0.4) is 0 Å². The van der Waals surface area contributed by atoms with Crippen molar-refractivity contribution in [1.29, 1.82) is 10.8 Å². The first-order valence-electron chi connectivity index (χ1n) is 21.4. The first-order chi connectivity index (χ1) is 34.0. The molecular formula is C43H51N21O8. The van der Waals surface area contributed by atoms with Crippen molar-refractivity contribution in [2.24, 2.45) is 53.8 Å². The Morgan fingerprint density at radius 1 is 0.472 bits per heavy atom. The summed E-state index contributed by atoms with van der Waals surface area (Å²) in [7, 11) is 9.47. The lowest BCUT2D eigenvalue weighted by molar-refractivity contribution is -0.116. The Balaban J connectivity index is 0.972. The molecule has 0 fully saturated rings. The highest BCUT2D eigenvalue weighted by atomic mass is 16.2. The van der Waals surface area contributed by atoms with Gasteiger partial charge >= 0.3 is 0 Å². The van der Waals surface area contributed by atoms with Gasteiger partial charge in [0.1, 0.15) is 17.2 Å². The Morgan fingerprint density at radius 3 is 1.38 bits per heavy atom. The highest BCUT2D eigenvalue weighted by Gasteiger charge is 2.23. The van der Waals surface area contributed by atoms with Crippen molar-refractivity contribution in [3.63, 3.8) is 0 Å². The number of amidine groups is 2. The minimum absolute atomic E-state index is 0.000168. The number of nitrogens with zero attached hydrogens (tertiary/aromatic N) is 9. The summed E-state index contributed by atoms with van der Waals surface area (Å²) in [6.45, 7) is 0.130. The van der Waals surface area contributed by atoms with E-state index in [1.165, 1.54) is 80.0 Å². The number of amides is 8. The monoisotopic (exact) mass is 989 g/mol. The Labute approximate surface area is 408 Å². The van der Waals surface area contributed by atoms with Crippen molar-refractivity contribution in [1.82, 2.24) is 47.7 Å². The van der Waals surface area contributed by atoms with E-state index in [1.54, 1.807) is 45.0 Å². The zero-order valence-corrected chi connectivity index (χ0v) is 39.6. The average Bonchev–Trinajstić information content (AvgIpc) is 4.16. The lowest BCUT2D eigenvalue weighted by atomic mass is 10.3. The van der Waals surface area contributed by atoms with Gasteiger partial charge in [-0.2, -0.15) is 0 Å². The molecule has 0 spiro atoms. The standard InChI is InChI=1S/C43H51N21O8/c1-59-16-22(13-25(59)39(68)50-23-14-26(60(2)17-23)40(69)51-24-15-32(61(3)18-24)58-35(67)8-7-27(44)45)49-33(65)9-10-34(66)52-29-19-63(5)37(53-29)42(71)57-31-21-64(6)38(55-31)43(72)56-30-20-62(4)36(54-30)41(70)48-12-11-28(46)47/h9-10,13-21H,7-8,11-12H2,1-6H3,(H3,44,45)(H3,46,47)(H,48,70)(H,49,65)(H,50,68)(H,51,69)(H,52,66)(H,56,72)(H,57,71)(H,58,67)/b10-9+. The van der Waals surface area contributed by atoms with E-state index in [0.29, 0.717) is 17.2 Å². The van der Waals surface area contributed by atoms with Crippen LogP contribution in [0.2, 0.25) is 0 Å². The molecule has 6 rings (SSSR count). The number of imidazole rings is 3. The van der Waals surface area contributed by atoms with Gasteiger partial charge in [0.2, 0.25) is 35.2 Å². The fraction of sp³-hybridized carbons (Fsp3) is 0.233. The molecule has 8 amide bonds. The molecule has 6 aromatic heterocycles. The van der Waals surface area contributed by atoms with Crippen LogP contribution < -0.4 is 54.0 Å². The molecule has 0 radical (unpaired) electrons. The van der Waals surface area contributed by atoms with Crippen LogP contribution in [-0.2, 0) is 56.7 Å². The number of hydrogen-bond donors (Lipinski definition) is 12. The van der Waals surface area contributed by atoms with Crippen LogP contribution in [-0.4, -0.2) is 108 Å². The first kappa shape index (κ1) is 51.3. The highest BCUT2D eigenvalue weighted by Crippen LogP contribution is 2.22. The zero-order chi connectivity index (χ0) is 52.6. The van der Waals surface area contributed by atoms with E-state index in [4.69, 9.17) is 22.3 Å². The van der Waals surface area contributed by atoms with Gasteiger partial charge in [-0.15, -0.1) is 0 Å². The van der Waals surface area contributed by atoms with Crippen LogP contribution in [0.4, 0.5) is 40.3 Å². The number of rotatable bonds is 20. The van der Waals surface area contributed by atoms with Gasteiger partial charge in [-0.3, -0.25) is 49.2 Å². The third-order valence-corrected chi connectivity index (χ3v) is 10.2.